The Hall–Kier alpha value is -5.83. The molecule has 0 bridgehead atoms. The fourth-order valence-electron chi connectivity index (χ4n) is 5.25. The minimum atomic E-state index is 0.541. The van der Waals surface area contributed by atoms with Crippen molar-refractivity contribution in [1.82, 2.24) is 44.9 Å². The second-order valence-electron chi connectivity index (χ2n) is 10.5. The first kappa shape index (κ1) is 27.0. The maximum absolute atomic E-state index is 5.06. The summed E-state index contributed by atoms with van der Waals surface area (Å²) in [4.78, 5) is 42.1. The number of fused-ring (bicyclic) bond motifs is 1. The predicted octanol–water partition coefficient (Wildman–Crippen LogP) is 6.96. The molecule has 44 heavy (non-hydrogen) atoms. The van der Waals surface area contributed by atoms with Crippen molar-refractivity contribution in [2.24, 2.45) is 0 Å². The number of benzene rings is 4. The zero-order chi connectivity index (χ0) is 30.2. The molecule has 0 aliphatic heterocycles. The SMILES string of the molecule is Cc1nc(C)nc(-c2cccc(-c3nc(-c4ccccc4)nc(-c4cc(-c5nc(C)nc(C)n5)cc5ccccc45)n3)c2)n1. The second kappa shape index (κ2) is 11.1. The van der Waals surface area contributed by atoms with Crippen LogP contribution < -0.4 is 0 Å². The van der Waals surface area contributed by atoms with Crippen LogP contribution in [0.1, 0.15) is 23.3 Å². The average Bonchev–Trinajstić information content (AvgIpc) is 3.03. The summed E-state index contributed by atoms with van der Waals surface area (Å²) in [6.07, 6.45) is 0. The molecule has 0 spiro atoms. The van der Waals surface area contributed by atoms with E-state index in [4.69, 9.17) is 15.0 Å². The Morgan fingerprint density at radius 2 is 0.818 bits per heavy atom. The van der Waals surface area contributed by atoms with Crippen LogP contribution in [0.2, 0.25) is 0 Å². The number of aryl methyl sites for hydroxylation is 4. The Morgan fingerprint density at radius 1 is 0.341 bits per heavy atom. The fourth-order valence-corrected chi connectivity index (χ4v) is 5.25. The number of rotatable bonds is 5. The van der Waals surface area contributed by atoms with E-state index in [9.17, 15) is 0 Å². The number of hydrogen-bond donors (Lipinski definition) is 0. The molecule has 7 rings (SSSR count). The first-order valence-corrected chi connectivity index (χ1v) is 14.2. The van der Waals surface area contributed by atoms with Crippen molar-refractivity contribution in [3.63, 3.8) is 0 Å². The van der Waals surface area contributed by atoms with Gasteiger partial charge in [-0.3, -0.25) is 0 Å². The van der Waals surface area contributed by atoms with E-state index in [1.54, 1.807) is 0 Å². The average molecular weight is 574 g/mol. The molecule has 0 N–H and O–H groups in total. The van der Waals surface area contributed by atoms with Gasteiger partial charge >= 0.3 is 0 Å². The van der Waals surface area contributed by atoms with E-state index >= 15 is 0 Å². The molecule has 0 atom stereocenters. The molecule has 9 heteroatoms. The molecule has 0 amide bonds. The van der Waals surface area contributed by atoms with E-state index in [1.165, 1.54) is 0 Å². The minimum absolute atomic E-state index is 0.541. The van der Waals surface area contributed by atoms with E-state index in [0.29, 0.717) is 52.4 Å². The van der Waals surface area contributed by atoms with Gasteiger partial charge in [-0.2, -0.15) is 0 Å². The van der Waals surface area contributed by atoms with Gasteiger partial charge in [0.2, 0.25) is 0 Å². The van der Waals surface area contributed by atoms with Crippen molar-refractivity contribution in [3.8, 4) is 56.9 Å². The Labute approximate surface area is 254 Å². The molecule has 0 saturated heterocycles. The summed E-state index contributed by atoms with van der Waals surface area (Å²) in [6.45, 7) is 7.48. The highest BCUT2D eigenvalue weighted by Gasteiger charge is 2.17. The Bertz CT molecular complexity index is 2140. The summed E-state index contributed by atoms with van der Waals surface area (Å²) < 4.78 is 0. The first-order chi connectivity index (χ1) is 21.4. The van der Waals surface area contributed by atoms with Crippen molar-refractivity contribution in [3.05, 3.63) is 114 Å². The van der Waals surface area contributed by atoms with E-state index < -0.39 is 0 Å². The molecule has 9 nitrogen and oxygen atoms in total. The molecule has 0 fully saturated rings. The normalized spacial score (nSPS) is 11.2. The lowest BCUT2D eigenvalue weighted by molar-refractivity contribution is 0.928. The zero-order valence-electron chi connectivity index (χ0n) is 24.7. The maximum atomic E-state index is 5.06. The molecule has 212 valence electrons. The smallest absolute Gasteiger partial charge is 0.164 e. The standard InChI is InChI=1S/C35H27N9/c1-20-36-21(2)39-32(38-20)26-14-10-15-27(18-26)33-42-31(24-11-6-5-7-12-24)43-35(44-33)30-19-28(17-25-13-8-9-16-29(25)30)34-40-22(3)37-23(4)41-34/h5-19H,1-4H3. The Balaban J connectivity index is 1.46. The molecule has 0 aliphatic carbocycles. The zero-order valence-corrected chi connectivity index (χ0v) is 24.7. The van der Waals surface area contributed by atoms with Gasteiger partial charge < -0.3 is 0 Å². The van der Waals surface area contributed by atoms with Gasteiger partial charge in [0.15, 0.2) is 29.1 Å². The van der Waals surface area contributed by atoms with Crippen LogP contribution in [0.4, 0.5) is 0 Å². The quantitative estimate of drug-likeness (QED) is 0.215. The second-order valence-corrected chi connectivity index (χ2v) is 10.5. The van der Waals surface area contributed by atoms with Gasteiger partial charge in [0, 0.05) is 27.8 Å². The summed E-state index contributed by atoms with van der Waals surface area (Å²) in [5.41, 5.74) is 4.28. The third-order valence-electron chi connectivity index (χ3n) is 7.13. The molecule has 4 aromatic carbocycles. The van der Waals surface area contributed by atoms with E-state index in [-0.39, 0.29) is 0 Å². The number of hydrogen-bond acceptors (Lipinski definition) is 9. The maximum Gasteiger partial charge on any atom is 0.164 e. The van der Waals surface area contributed by atoms with E-state index in [0.717, 1.165) is 38.6 Å². The van der Waals surface area contributed by atoms with Gasteiger partial charge in [-0.1, -0.05) is 72.8 Å². The summed E-state index contributed by atoms with van der Waals surface area (Å²) in [5.74, 6) is 5.55. The lowest BCUT2D eigenvalue weighted by Gasteiger charge is -2.13. The molecule has 7 aromatic rings. The van der Waals surface area contributed by atoms with Crippen LogP contribution in [0.25, 0.3) is 67.7 Å². The summed E-state index contributed by atoms with van der Waals surface area (Å²) in [5, 5.41) is 2.04. The molecular weight excluding hydrogens is 546 g/mol. The summed E-state index contributed by atoms with van der Waals surface area (Å²) >= 11 is 0. The Kier molecular flexibility index (Phi) is 6.82. The largest absolute Gasteiger partial charge is 0.219 e. The molecule has 3 aromatic heterocycles. The van der Waals surface area contributed by atoms with Gasteiger partial charge in [0.05, 0.1) is 0 Å². The monoisotopic (exact) mass is 573 g/mol. The van der Waals surface area contributed by atoms with Gasteiger partial charge in [-0.15, -0.1) is 0 Å². The summed E-state index contributed by atoms with van der Waals surface area (Å²) in [7, 11) is 0. The van der Waals surface area contributed by atoms with Crippen LogP contribution in [0, 0.1) is 27.7 Å². The van der Waals surface area contributed by atoms with Crippen LogP contribution in [-0.2, 0) is 0 Å². The highest BCUT2D eigenvalue weighted by Crippen LogP contribution is 2.34. The highest BCUT2D eigenvalue weighted by atomic mass is 15.0. The van der Waals surface area contributed by atoms with Crippen molar-refractivity contribution in [2.45, 2.75) is 27.7 Å². The van der Waals surface area contributed by atoms with Crippen LogP contribution >= 0.6 is 0 Å². The van der Waals surface area contributed by atoms with Crippen LogP contribution in [0.15, 0.2) is 91.0 Å². The van der Waals surface area contributed by atoms with Crippen molar-refractivity contribution in [1.29, 1.82) is 0 Å². The van der Waals surface area contributed by atoms with E-state index in [1.807, 2.05) is 94.4 Å². The predicted molar refractivity (Wildman–Crippen MR) is 170 cm³/mol. The molecule has 3 heterocycles. The highest BCUT2D eigenvalue weighted by molar-refractivity contribution is 5.98. The molecule has 0 saturated carbocycles. The minimum Gasteiger partial charge on any atom is -0.219 e. The van der Waals surface area contributed by atoms with Crippen LogP contribution in [0.5, 0.6) is 0 Å². The Morgan fingerprint density at radius 3 is 1.45 bits per heavy atom. The van der Waals surface area contributed by atoms with E-state index in [2.05, 4.69) is 54.2 Å². The molecule has 0 aliphatic rings. The van der Waals surface area contributed by atoms with Gasteiger partial charge in [0.25, 0.3) is 0 Å². The van der Waals surface area contributed by atoms with Crippen LogP contribution in [0.3, 0.4) is 0 Å². The van der Waals surface area contributed by atoms with Gasteiger partial charge in [0.1, 0.15) is 23.3 Å². The summed E-state index contributed by atoms with van der Waals surface area (Å²) in [6, 6.07) is 30.2. The van der Waals surface area contributed by atoms with Crippen LogP contribution in [-0.4, -0.2) is 44.9 Å². The lowest BCUT2D eigenvalue weighted by Crippen LogP contribution is -2.02. The number of aromatic nitrogens is 9. The molecule has 0 radical (unpaired) electrons. The topological polar surface area (TPSA) is 116 Å². The molecule has 0 unspecified atom stereocenters. The fraction of sp³-hybridized carbons (Fsp3) is 0.114. The third-order valence-corrected chi connectivity index (χ3v) is 7.13. The number of nitrogens with zero attached hydrogens (tertiary/aromatic N) is 9. The van der Waals surface area contributed by atoms with Crippen molar-refractivity contribution < 1.29 is 0 Å². The van der Waals surface area contributed by atoms with Crippen molar-refractivity contribution >= 4 is 10.8 Å². The first-order valence-electron chi connectivity index (χ1n) is 14.2. The third kappa shape index (κ3) is 5.38. The van der Waals surface area contributed by atoms with Gasteiger partial charge in [-0.05, 0) is 56.7 Å². The van der Waals surface area contributed by atoms with Gasteiger partial charge in [-0.25, -0.2) is 44.9 Å². The van der Waals surface area contributed by atoms with Crippen molar-refractivity contribution in [2.75, 3.05) is 0 Å². The molecular formula is C35H27N9. The lowest BCUT2D eigenvalue weighted by atomic mass is 9.99.